The number of nitrogens with one attached hydrogen (secondary N) is 1. The molecule has 1 heterocycles. The van der Waals surface area contributed by atoms with Crippen molar-refractivity contribution in [3.8, 4) is 0 Å². The predicted octanol–water partition coefficient (Wildman–Crippen LogP) is 3.76. The first-order valence-corrected chi connectivity index (χ1v) is 9.64. The Bertz CT molecular complexity index is 849. The summed E-state index contributed by atoms with van der Waals surface area (Å²) in [6.07, 6.45) is 1.20. The third kappa shape index (κ3) is 3.90. The summed E-state index contributed by atoms with van der Waals surface area (Å²) in [5.41, 5.74) is 6.82. The van der Waals surface area contributed by atoms with Gasteiger partial charge in [0.1, 0.15) is 6.04 Å². The van der Waals surface area contributed by atoms with E-state index in [1.165, 1.54) is 16.7 Å². The summed E-state index contributed by atoms with van der Waals surface area (Å²) in [5.74, 6) is -0.0873. The van der Waals surface area contributed by atoms with Crippen molar-refractivity contribution in [3.05, 3.63) is 69.8 Å². The zero-order chi connectivity index (χ0) is 19.6. The van der Waals surface area contributed by atoms with E-state index in [0.29, 0.717) is 19.5 Å². The zero-order valence-electron chi connectivity index (χ0n) is 16.6. The molecular formula is C23H28N2O2. The van der Waals surface area contributed by atoms with E-state index < -0.39 is 6.04 Å². The van der Waals surface area contributed by atoms with E-state index in [1.807, 2.05) is 25.1 Å². The molecule has 2 aromatic carbocycles. The first-order valence-electron chi connectivity index (χ1n) is 9.64. The van der Waals surface area contributed by atoms with Gasteiger partial charge in [0.15, 0.2) is 0 Å². The van der Waals surface area contributed by atoms with Crippen LogP contribution in [0.25, 0.3) is 0 Å². The minimum Gasteiger partial charge on any atom is -0.350 e. The minimum atomic E-state index is -0.548. The van der Waals surface area contributed by atoms with Crippen LogP contribution < -0.4 is 5.32 Å². The third-order valence-corrected chi connectivity index (χ3v) is 5.43. The molecule has 4 heteroatoms. The van der Waals surface area contributed by atoms with Gasteiger partial charge in [-0.15, -0.1) is 0 Å². The molecule has 0 saturated heterocycles. The molecule has 0 spiro atoms. The Morgan fingerprint density at radius 1 is 1.11 bits per heavy atom. The highest BCUT2D eigenvalue weighted by molar-refractivity contribution is 5.89. The number of rotatable bonds is 4. The maximum Gasteiger partial charge on any atom is 0.247 e. The second kappa shape index (κ2) is 7.95. The quantitative estimate of drug-likeness (QED) is 0.898. The highest BCUT2D eigenvalue weighted by Gasteiger charge is 2.34. The van der Waals surface area contributed by atoms with Crippen molar-refractivity contribution in [3.63, 3.8) is 0 Å². The standard InChI is InChI=1S/C23H28N2O2/c1-5-21(26)25-11-10-18-8-6-7-9-19(18)22(25)23(27)24-14-20-16(3)12-15(2)13-17(20)4/h6-9,12-13,22H,5,10-11,14H2,1-4H3,(H,24,27). The molecule has 1 aliphatic heterocycles. The number of benzene rings is 2. The van der Waals surface area contributed by atoms with Gasteiger partial charge in [-0.05, 0) is 55.0 Å². The lowest BCUT2D eigenvalue weighted by atomic mass is 9.91. The van der Waals surface area contributed by atoms with E-state index in [2.05, 4.69) is 44.3 Å². The number of amides is 2. The molecule has 0 bridgehead atoms. The van der Waals surface area contributed by atoms with Crippen LogP contribution in [0.15, 0.2) is 36.4 Å². The summed E-state index contributed by atoms with van der Waals surface area (Å²) in [6, 6.07) is 11.7. The zero-order valence-corrected chi connectivity index (χ0v) is 16.6. The van der Waals surface area contributed by atoms with Gasteiger partial charge in [0.05, 0.1) is 0 Å². The molecule has 27 heavy (non-hydrogen) atoms. The molecule has 1 aliphatic rings. The van der Waals surface area contributed by atoms with Crippen molar-refractivity contribution >= 4 is 11.8 Å². The molecule has 2 aromatic rings. The van der Waals surface area contributed by atoms with Crippen molar-refractivity contribution in [1.82, 2.24) is 10.2 Å². The fourth-order valence-electron chi connectivity index (χ4n) is 4.08. The van der Waals surface area contributed by atoms with Gasteiger partial charge in [-0.3, -0.25) is 9.59 Å². The Labute approximate surface area is 161 Å². The van der Waals surface area contributed by atoms with E-state index in [4.69, 9.17) is 0 Å². The van der Waals surface area contributed by atoms with Gasteiger partial charge in [0, 0.05) is 19.5 Å². The lowest BCUT2D eigenvalue weighted by Crippen LogP contribution is -2.47. The molecule has 0 radical (unpaired) electrons. The monoisotopic (exact) mass is 364 g/mol. The number of carbonyl (C=O) groups is 2. The normalized spacial score (nSPS) is 16.0. The maximum atomic E-state index is 13.1. The second-order valence-corrected chi connectivity index (χ2v) is 7.39. The van der Waals surface area contributed by atoms with E-state index in [9.17, 15) is 9.59 Å². The van der Waals surface area contributed by atoms with Crippen LogP contribution >= 0.6 is 0 Å². The van der Waals surface area contributed by atoms with Crippen LogP contribution in [0.1, 0.15) is 52.8 Å². The Hall–Kier alpha value is -2.62. The van der Waals surface area contributed by atoms with Crippen LogP contribution in [0, 0.1) is 20.8 Å². The van der Waals surface area contributed by atoms with Crippen LogP contribution in [-0.4, -0.2) is 23.3 Å². The number of aryl methyl sites for hydroxylation is 3. The molecule has 1 unspecified atom stereocenters. The Morgan fingerprint density at radius 2 is 1.78 bits per heavy atom. The number of carbonyl (C=O) groups excluding carboxylic acids is 2. The highest BCUT2D eigenvalue weighted by atomic mass is 16.2. The van der Waals surface area contributed by atoms with E-state index in [0.717, 1.165) is 23.1 Å². The number of nitrogens with zero attached hydrogens (tertiary/aromatic N) is 1. The number of hydrogen-bond acceptors (Lipinski definition) is 2. The van der Waals surface area contributed by atoms with Crippen molar-refractivity contribution in [1.29, 1.82) is 0 Å². The third-order valence-electron chi connectivity index (χ3n) is 5.43. The van der Waals surface area contributed by atoms with Crippen LogP contribution in [0.2, 0.25) is 0 Å². The first-order chi connectivity index (χ1) is 12.9. The average molecular weight is 364 g/mol. The second-order valence-electron chi connectivity index (χ2n) is 7.39. The minimum absolute atomic E-state index is 0.0207. The number of fused-ring (bicyclic) bond motifs is 1. The lowest BCUT2D eigenvalue weighted by Gasteiger charge is -2.36. The summed E-state index contributed by atoms with van der Waals surface area (Å²) in [6.45, 7) is 9.13. The van der Waals surface area contributed by atoms with Crippen molar-refractivity contribution in [2.75, 3.05) is 6.54 Å². The Kier molecular flexibility index (Phi) is 5.64. The molecule has 1 N–H and O–H groups in total. The summed E-state index contributed by atoms with van der Waals surface area (Å²) in [4.78, 5) is 27.3. The van der Waals surface area contributed by atoms with Gasteiger partial charge in [-0.2, -0.15) is 0 Å². The Balaban J connectivity index is 1.86. The molecule has 142 valence electrons. The smallest absolute Gasteiger partial charge is 0.247 e. The fourth-order valence-corrected chi connectivity index (χ4v) is 4.08. The molecular weight excluding hydrogens is 336 g/mol. The van der Waals surface area contributed by atoms with Gasteiger partial charge >= 0.3 is 0 Å². The molecule has 0 saturated carbocycles. The van der Waals surface area contributed by atoms with Gasteiger partial charge in [0.25, 0.3) is 0 Å². The number of hydrogen-bond donors (Lipinski definition) is 1. The molecule has 0 aliphatic carbocycles. The molecule has 3 rings (SSSR count). The van der Waals surface area contributed by atoms with Crippen LogP contribution in [0.4, 0.5) is 0 Å². The van der Waals surface area contributed by atoms with Crippen LogP contribution in [0.5, 0.6) is 0 Å². The summed E-state index contributed by atoms with van der Waals surface area (Å²) in [5, 5.41) is 3.09. The molecule has 4 nitrogen and oxygen atoms in total. The van der Waals surface area contributed by atoms with Gasteiger partial charge in [-0.25, -0.2) is 0 Å². The summed E-state index contributed by atoms with van der Waals surface area (Å²) < 4.78 is 0. The Morgan fingerprint density at radius 3 is 2.44 bits per heavy atom. The van der Waals surface area contributed by atoms with E-state index >= 15 is 0 Å². The van der Waals surface area contributed by atoms with Crippen LogP contribution in [-0.2, 0) is 22.6 Å². The highest BCUT2D eigenvalue weighted by Crippen LogP contribution is 2.30. The first kappa shape index (κ1) is 19.2. The fraction of sp³-hybridized carbons (Fsp3) is 0.391. The van der Waals surface area contributed by atoms with Crippen molar-refractivity contribution in [2.24, 2.45) is 0 Å². The average Bonchev–Trinajstić information content (AvgIpc) is 2.65. The summed E-state index contributed by atoms with van der Waals surface area (Å²) in [7, 11) is 0. The molecule has 2 amide bonds. The summed E-state index contributed by atoms with van der Waals surface area (Å²) >= 11 is 0. The van der Waals surface area contributed by atoms with E-state index in [-0.39, 0.29) is 11.8 Å². The van der Waals surface area contributed by atoms with Crippen molar-refractivity contribution < 1.29 is 9.59 Å². The van der Waals surface area contributed by atoms with Crippen LogP contribution in [0.3, 0.4) is 0 Å². The van der Waals surface area contributed by atoms with Gasteiger partial charge < -0.3 is 10.2 Å². The molecule has 1 atom stereocenters. The van der Waals surface area contributed by atoms with Crippen molar-refractivity contribution in [2.45, 2.75) is 53.1 Å². The van der Waals surface area contributed by atoms with Gasteiger partial charge in [0.2, 0.25) is 11.8 Å². The molecule has 0 fully saturated rings. The van der Waals surface area contributed by atoms with Gasteiger partial charge in [-0.1, -0.05) is 48.9 Å². The largest absolute Gasteiger partial charge is 0.350 e. The molecule has 0 aromatic heterocycles. The predicted molar refractivity (Wildman–Crippen MR) is 107 cm³/mol. The lowest BCUT2D eigenvalue weighted by molar-refractivity contribution is -0.141. The van der Waals surface area contributed by atoms with E-state index in [1.54, 1.807) is 4.90 Å². The SMILES string of the molecule is CCC(=O)N1CCc2ccccc2C1C(=O)NCc1c(C)cc(C)cc1C. The topological polar surface area (TPSA) is 49.4 Å². The maximum absolute atomic E-state index is 13.1.